The summed E-state index contributed by atoms with van der Waals surface area (Å²) in [6.07, 6.45) is -0.666. The maximum absolute atomic E-state index is 13.6. The second kappa shape index (κ2) is 11.6. The van der Waals surface area contributed by atoms with E-state index in [0.29, 0.717) is 28.5 Å². The SMILES string of the molecule is COc1cc(C(=O)NCC(=O)c2ccc(OC)c(-c3ccc(F)c(Cl)c3)n2)ccc1OCC(C)O. The van der Waals surface area contributed by atoms with Crippen molar-refractivity contribution < 1.29 is 33.3 Å². The predicted octanol–water partition coefficient (Wildman–Crippen LogP) is 3.93. The summed E-state index contributed by atoms with van der Waals surface area (Å²) in [5, 5.41) is 11.8. The Labute approximate surface area is 206 Å². The van der Waals surface area contributed by atoms with E-state index in [4.69, 9.17) is 25.8 Å². The number of benzene rings is 2. The number of nitrogens with zero attached hydrogens (tertiary/aromatic N) is 1. The van der Waals surface area contributed by atoms with Gasteiger partial charge in [0.2, 0.25) is 0 Å². The van der Waals surface area contributed by atoms with Crippen molar-refractivity contribution in [2.24, 2.45) is 0 Å². The number of ketones is 1. The van der Waals surface area contributed by atoms with Crippen LogP contribution in [0.25, 0.3) is 11.3 Å². The van der Waals surface area contributed by atoms with Gasteiger partial charge in [-0.25, -0.2) is 9.37 Å². The van der Waals surface area contributed by atoms with Gasteiger partial charge in [-0.2, -0.15) is 0 Å². The van der Waals surface area contributed by atoms with Gasteiger partial charge < -0.3 is 24.6 Å². The van der Waals surface area contributed by atoms with Gasteiger partial charge >= 0.3 is 0 Å². The fourth-order valence-corrected chi connectivity index (χ4v) is 3.29. The Kier molecular flexibility index (Phi) is 8.62. The van der Waals surface area contributed by atoms with Gasteiger partial charge in [-0.05, 0) is 55.5 Å². The predicted molar refractivity (Wildman–Crippen MR) is 128 cm³/mol. The van der Waals surface area contributed by atoms with E-state index in [9.17, 15) is 19.1 Å². The first-order valence-corrected chi connectivity index (χ1v) is 10.9. The molecular weight excluding hydrogens is 479 g/mol. The van der Waals surface area contributed by atoms with Gasteiger partial charge in [0.25, 0.3) is 5.91 Å². The lowest BCUT2D eigenvalue weighted by Gasteiger charge is -2.13. The van der Waals surface area contributed by atoms with Crippen LogP contribution in [0.4, 0.5) is 4.39 Å². The van der Waals surface area contributed by atoms with Crippen molar-refractivity contribution in [3.63, 3.8) is 0 Å². The first kappa shape index (κ1) is 25.9. The minimum absolute atomic E-state index is 0.0668. The van der Waals surface area contributed by atoms with Crippen molar-refractivity contribution in [3.8, 4) is 28.5 Å². The van der Waals surface area contributed by atoms with E-state index in [1.807, 2.05) is 0 Å². The molecule has 0 aliphatic carbocycles. The summed E-state index contributed by atoms with van der Waals surface area (Å²) in [5.74, 6) is -0.472. The van der Waals surface area contributed by atoms with Crippen LogP contribution in [-0.4, -0.2) is 55.3 Å². The molecule has 0 radical (unpaired) electrons. The Balaban J connectivity index is 1.73. The number of hydrogen-bond acceptors (Lipinski definition) is 7. The van der Waals surface area contributed by atoms with E-state index in [1.165, 1.54) is 50.6 Å². The highest BCUT2D eigenvalue weighted by Gasteiger charge is 2.17. The number of halogens is 2. The van der Waals surface area contributed by atoms with Gasteiger partial charge in [0, 0.05) is 11.1 Å². The number of pyridine rings is 1. The second-order valence-corrected chi connectivity index (χ2v) is 7.91. The number of nitrogens with one attached hydrogen (secondary N) is 1. The van der Waals surface area contributed by atoms with Crippen LogP contribution < -0.4 is 19.5 Å². The molecule has 35 heavy (non-hydrogen) atoms. The van der Waals surface area contributed by atoms with Gasteiger partial charge in [-0.1, -0.05) is 11.6 Å². The third kappa shape index (κ3) is 6.46. The Bertz CT molecular complexity index is 1230. The second-order valence-electron chi connectivity index (χ2n) is 7.51. The summed E-state index contributed by atoms with van der Waals surface area (Å²) < 4.78 is 29.6. The summed E-state index contributed by atoms with van der Waals surface area (Å²) in [5.41, 5.74) is 1.12. The van der Waals surface area contributed by atoms with Crippen LogP contribution in [0.1, 0.15) is 27.8 Å². The topological polar surface area (TPSA) is 107 Å². The van der Waals surface area contributed by atoms with Crippen molar-refractivity contribution in [3.05, 3.63) is 70.6 Å². The molecular formula is C25H24ClFN2O6. The van der Waals surface area contributed by atoms with Crippen LogP contribution >= 0.6 is 11.6 Å². The third-order valence-electron chi connectivity index (χ3n) is 4.87. The maximum Gasteiger partial charge on any atom is 0.251 e. The highest BCUT2D eigenvalue weighted by molar-refractivity contribution is 6.31. The number of carbonyl (C=O) groups excluding carboxylic acids is 2. The molecule has 0 fully saturated rings. The zero-order chi connectivity index (χ0) is 25.5. The van der Waals surface area contributed by atoms with Crippen molar-refractivity contribution >= 4 is 23.3 Å². The summed E-state index contributed by atoms with van der Waals surface area (Å²) in [7, 11) is 2.87. The zero-order valence-electron chi connectivity index (χ0n) is 19.3. The summed E-state index contributed by atoms with van der Waals surface area (Å²) >= 11 is 5.88. The van der Waals surface area contributed by atoms with Crippen molar-refractivity contribution in [2.75, 3.05) is 27.4 Å². The van der Waals surface area contributed by atoms with Crippen LogP contribution in [0.3, 0.4) is 0 Å². The van der Waals surface area contributed by atoms with E-state index >= 15 is 0 Å². The highest BCUT2D eigenvalue weighted by atomic mass is 35.5. The standard InChI is InChI=1S/C25H24ClFN2O6/c1-14(30)13-35-21-8-5-16(11-23(21)34-3)25(32)28-12-20(31)19-7-9-22(33-2)24(29-19)15-4-6-18(27)17(26)10-15/h4-11,14,30H,12-13H2,1-3H3,(H,28,32). The molecule has 1 aromatic heterocycles. The smallest absolute Gasteiger partial charge is 0.251 e. The third-order valence-corrected chi connectivity index (χ3v) is 5.16. The number of aliphatic hydroxyl groups is 1. The van der Waals surface area contributed by atoms with E-state index in [1.54, 1.807) is 19.1 Å². The van der Waals surface area contributed by atoms with Crippen molar-refractivity contribution in [1.82, 2.24) is 10.3 Å². The Hall–Kier alpha value is -3.69. The lowest BCUT2D eigenvalue weighted by molar-refractivity contribution is 0.0901. The molecule has 1 unspecified atom stereocenters. The molecule has 0 aliphatic heterocycles. The molecule has 0 bridgehead atoms. The molecule has 0 saturated carbocycles. The Morgan fingerprint density at radius 3 is 2.43 bits per heavy atom. The van der Waals surface area contributed by atoms with Crippen LogP contribution in [0.2, 0.25) is 5.02 Å². The molecule has 3 rings (SSSR count). The van der Waals surface area contributed by atoms with E-state index in [0.717, 1.165) is 0 Å². The number of carbonyl (C=O) groups is 2. The van der Waals surface area contributed by atoms with Gasteiger partial charge in [-0.3, -0.25) is 9.59 Å². The number of hydrogen-bond donors (Lipinski definition) is 2. The average molecular weight is 503 g/mol. The van der Waals surface area contributed by atoms with E-state index < -0.39 is 23.6 Å². The number of aliphatic hydroxyl groups excluding tert-OH is 1. The van der Waals surface area contributed by atoms with Crippen molar-refractivity contribution in [2.45, 2.75) is 13.0 Å². The minimum atomic E-state index is -0.666. The molecule has 0 aliphatic rings. The summed E-state index contributed by atoms with van der Waals surface area (Å²) in [6.45, 7) is 1.34. The normalized spacial score (nSPS) is 11.5. The summed E-state index contributed by atoms with van der Waals surface area (Å²) in [4.78, 5) is 29.7. The minimum Gasteiger partial charge on any atom is -0.494 e. The zero-order valence-corrected chi connectivity index (χ0v) is 20.1. The van der Waals surface area contributed by atoms with Crippen LogP contribution in [0, 0.1) is 5.82 Å². The fraction of sp³-hybridized carbons (Fsp3) is 0.240. The molecule has 3 aromatic rings. The van der Waals surface area contributed by atoms with Gasteiger partial charge in [-0.15, -0.1) is 0 Å². The molecule has 1 amide bonds. The number of methoxy groups -OCH3 is 2. The highest BCUT2D eigenvalue weighted by Crippen LogP contribution is 2.31. The number of amides is 1. The lowest BCUT2D eigenvalue weighted by atomic mass is 10.1. The molecule has 184 valence electrons. The number of aromatic nitrogens is 1. The molecule has 8 nitrogen and oxygen atoms in total. The Morgan fingerprint density at radius 1 is 1.06 bits per heavy atom. The molecule has 10 heteroatoms. The van der Waals surface area contributed by atoms with Crippen LogP contribution in [0.5, 0.6) is 17.2 Å². The van der Waals surface area contributed by atoms with Gasteiger partial charge in [0.15, 0.2) is 17.3 Å². The van der Waals surface area contributed by atoms with Crippen LogP contribution in [0.15, 0.2) is 48.5 Å². The number of Topliss-reactive ketones (excluding diaryl/α,β-unsaturated/α-hetero) is 1. The largest absolute Gasteiger partial charge is 0.494 e. The van der Waals surface area contributed by atoms with Crippen molar-refractivity contribution in [1.29, 1.82) is 0 Å². The quantitative estimate of drug-likeness (QED) is 0.404. The van der Waals surface area contributed by atoms with Gasteiger partial charge in [0.1, 0.15) is 29.6 Å². The van der Waals surface area contributed by atoms with Crippen LogP contribution in [-0.2, 0) is 0 Å². The number of rotatable bonds is 10. The summed E-state index contributed by atoms with van der Waals surface area (Å²) in [6, 6.07) is 11.6. The van der Waals surface area contributed by atoms with Gasteiger partial charge in [0.05, 0.1) is 31.9 Å². The Morgan fingerprint density at radius 2 is 1.77 bits per heavy atom. The monoisotopic (exact) mass is 502 g/mol. The lowest BCUT2D eigenvalue weighted by Crippen LogP contribution is -2.30. The fourth-order valence-electron chi connectivity index (χ4n) is 3.11. The molecule has 0 spiro atoms. The number of ether oxygens (including phenoxy) is 3. The molecule has 2 N–H and O–H groups in total. The first-order chi connectivity index (χ1) is 16.7. The molecule has 1 atom stereocenters. The molecule has 2 aromatic carbocycles. The van der Waals surface area contributed by atoms with E-state index in [2.05, 4.69) is 10.3 Å². The maximum atomic E-state index is 13.6. The molecule has 0 saturated heterocycles. The average Bonchev–Trinajstić information content (AvgIpc) is 2.86. The first-order valence-electron chi connectivity index (χ1n) is 10.5. The van der Waals surface area contributed by atoms with E-state index in [-0.39, 0.29) is 29.4 Å². The molecule has 1 heterocycles.